The minimum atomic E-state index is 0.484. The predicted octanol–water partition coefficient (Wildman–Crippen LogP) is 7.31. The second kappa shape index (κ2) is 10.9. The van der Waals surface area contributed by atoms with Gasteiger partial charge in [0.1, 0.15) is 0 Å². The molecule has 28 heavy (non-hydrogen) atoms. The van der Waals surface area contributed by atoms with Crippen LogP contribution in [-0.2, 0) is 12.8 Å². The van der Waals surface area contributed by atoms with Gasteiger partial charge in [-0.25, -0.2) is 0 Å². The van der Waals surface area contributed by atoms with E-state index in [1.807, 2.05) is 0 Å². The van der Waals surface area contributed by atoms with Crippen LogP contribution in [0, 0.1) is 0 Å². The van der Waals surface area contributed by atoms with Gasteiger partial charge in [0.05, 0.1) is 0 Å². The van der Waals surface area contributed by atoms with Crippen molar-refractivity contribution in [1.29, 1.82) is 0 Å². The molecule has 4 aromatic carbocycles. The lowest BCUT2D eigenvalue weighted by Gasteiger charge is -2.11. The average Bonchev–Trinajstić information content (AvgIpc) is 2.80. The van der Waals surface area contributed by atoms with Crippen molar-refractivity contribution in [2.45, 2.75) is 25.7 Å². The zero-order valence-corrected chi connectivity index (χ0v) is 16.5. The minimum Gasteiger partial charge on any atom is -0.0622 e. The average molecular weight is 365 g/mol. The van der Waals surface area contributed by atoms with E-state index < -0.39 is 0 Å². The predicted molar refractivity (Wildman–Crippen MR) is 121 cm³/mol. The summed E-state index contributed by atoms with van der Waals surface area (Å²) in [6, 6.07) is 42.4. The van der Waals surface area contributed by atoms with Gasteiger partial charge in [0.15, 0.2) is 0 Å². The molecule has 0 heteroatoms. The molecule has 0 aliphatic rings. The van der Waals surface area contributed by atoms with Gasteiger partial charge in [-0.15, -0.1) is 0 Å². The fourth-order valence-corrected chi connectivity index (χ4v) is 3.25. The van der Waals surface area contributed by atoms with Crippen molar-refractivity contribution < 1.29 is 0 Å². The third-order valence-corrected chi connectivity index (χ3v) is 4.99. The van der Waals surface area contributed by atoms with E-state index in [2.05, 4.69) is 128 Å². The van der Waals surface area contributed by atoms with E-state index in [4.69, 9.17) is 0 Å². The van der Waals surface area contributed by atoms with Gasteiger partial charge in [0.2, 0.25) is 0 Å². The van der Waals surface area contributed by atoms with E-state index in [0.29, 0.717) is 5.92 Å². The highest BCUT2D eigenvalue weighted by Gasteiger charge is 2.05. The summed E-state index contributed by atoms with van der Waals surface area (Å²) in [6.45, 7) is 2.24. The highest BCUT2D eigenvalue weighted by atomic mass is 14.1. The monoisotopic (exact) mass is 364 g/mol. The molecular formula is C28H28. The molecule has 0 saturated heterocycles. The van der Waals surface area contributed by atoms with Crippen molar-refractivity contribution in [3.8, 4) is 0 Å². The van der Waals surface area contributed by atoms with Crippen molar-refractivity contribution in [3.05, 3.63) is 144 Å². The van der Waals surface area contributed by atoms with Gasteiger partial charge in [-0.05, 0) is 35.1 Å². The molecule has 0 aromatic heterocycles. The van der Waals surface area contributed by atoms with Crippen LogP contribution in [0.25, 0.3) is 0 Å². The van der Waals surface area contributed by atoms with Crippen LogP contribution < -0.4 is 0 Å². The highest BCUT2D eigenvalue weighted by Crippen LogP contribution is 2.22. The van der Waals surface area contributed by atoms with E-state index in [0.717, 1.165) is 12.8 Å². The molecule has 0 fully saturated rings. The van der Waals surface area contributed by atoms with Gasteiger partial charge in [0.25, 0.3) is 0 Å². The fourth-order valence-electron chi connectivity index (χ4n) is 3.25. The van der Waals surface area contributed by atoms with Gasteiger partial charge in [-0.1, -0.05) is 128 Å². The third-order valence-electron chi connectivity index (χ3n) is 4.99. The van der Waals surface area contributed by atoms with E-state index >= 15 is 0 Å². The number of benzene rings is 4. The third kappa shape index (κ3) is 6.25. The van der Waals surface area contributed by atoms with Crippen LogP contribution in [0.3, 0.4) is 0 Å². The molecule has 0 aliphatic carbocycles. The highest BCUT2D eigenvalue weighted by molar-refractivity contribution is 5.31. The molecule has 0 N–H and O–H groups in total. The summed E-state index contributed by atoms with van der Waals surface area (Å²) >= 11 is 0. The molecule has 0 unspecified atom stereocenters. The van der Waals surface area contributed by atoms with E-state index in [9.17, 15) is 0 Å². The van der Waals surface area contributed by atoms with Crippen LogP contribution in [0.15, 0.2) is 121 Å². The van der Waals surface area contributed by atoms with Crippen molar-refractivity contribution in [1.82, 2.24) is 0 Å². The quantitative estimate of drug-likeness (QED) is 0.348. The molecule has 140 valence electrons. The molecule has 0 spiro atoms. The number of aryl methyl sites for hydroxylation is 2. The Kier molecular flexibility index (Phi) is 7.64. The van der Waals surface area contributed by atoms with Gasteiger partial charge in [0, 0.05) is 5.92 Å². The minimum absolute atomic E-state index is 0.484. The molecule has 4 aromatic rings. The number of hydrogen-bond acceptors (Lipinski definition) is 0. The SMILES string of the molecule is CC(c1ccccc1)c1ccccc1.c1ccc(CCc2ccccc2)cc1. The smallest absolute Gasteiger partial charge is 0.00610 e. The molecule has 4 rings (SSSR count). The van der Waals surface area contributed by atoms with Crippen molar-refractivity contribution in [2.75, 3.05) is 0 Å². The summed E-state index contributed by atoms with van der Waals surface area (Å²) < 4.78 is 0. The summed E-state index contributed by atoms with van der Waals surface area (Å²) in [5, 5.41) is 0. The Bertz CT molecular complexity index is 818. The Hall–Kier alpha value is -3.12. The zero-order valence-electron chi connectivity index (χ0n) is 16.5. The van der Waals surface area contributed by atoms with Crippen molar-refractivity contribution in [3.63, 3.8) is 0 Å². The second-order valence-electron chi connectivity index (χ2n) is 7.01. The Morgan fingerprint density at radius 1 is 0.429 bits per heavy atom. The molecule has 0 amide bonds. The van der Waals surface area contributed by atoms with Crippen LogP contribution in [0.5, 0.6) is 0 Å². The Balaban J connectivity index is 0.000000161. The van der Waals surface area contributed by atoms with Crippen LogP contribution in [0.1, 0.15) is 35.1 Å². The van der Waals surface area contributed by atoms with Crippen LogP contribution >= 0.6 is 0 Å². The first-order valence-electron chi connectivity index (χ1n) is 10.0. The molecule has 0 radical (unpaired) electrons. The summed E-state index contributed by atoms with van der Waals surface area (Å²) in [4.78, 5) is 0. The first-order chi connectivity index (χ1) is 13.8. The Morgan fingerprint density at radius 2 is 0.714 bits per heavy atom. The van der Waals surface area contributed by atoms with Gasteiger partial charge < -0.3 is 0 Å². The molecule has 0 aliphatic heterocycles. The summed E-state index contributed by atoms with van der Waals surface area (Å²) in [5.74, 6) is 0.484. The first-order valence-corrected chi connectivity index (χ1v) is 10.0. The Morgan fingerprint density at radius 3 is 1.04 bits per heavy atom. The van der Waals surface area contributed by atoms with Crippen LogP contribution in [0.4, 0.5) is 0 Å². The topological polar surface area (TPSA) is 0 Å². The molecule has 0 saturated carbocycles. The van der Waals surface area contributed by atoms with Gasteiger partial charge in [-0.3, -0.25) is 0 Å². The van der Waals surface area contributed by atoms with E-state index in [-0.39, 0.29) is 0 Å². The zero-order chi connectivity index (χ0) is 19.4. The standard InChI is InChI=1S/2C14H14/c1-12(13-8-4-2-5-9-13)14-10-6-3-7-11-14;1-3-7-13(8-4-1)11-12-14-9-5-2-6-10-14/h2-12H,1H3;1-10H,11-12H2. The molecule has 0 atom stereocenters. The molecule has 0 nitrogen and oxygen atoms in total. The van der Waals surface area contributed by atoms with Crippen molar-refractivity contribution in [2.24, 2.45) is 0 Å². The van der Waals surface area contributed by atoms with E-state index in [1.165, 1.54) is 22.3 Å². The summed E-state index contributed by atoms with van der Waals surface area (Å²) in [5.41, 5.74) is 5.57. The second-order valence-corrected chi connectivity index (χ2v) is 7.01. The molecule has 0 bridgehead atoms. The lowest BCUT2D eigenvalue weighted by atomic mass is 9.93. The maximum atomic E-state index is 2.24. The largest absolute Gasteiger partial charge is 0.0622 e. The fraction of sp³-hybridized carbons (Fsp3) is 0.143. The lowest BCUT2D eigenvalue weighted by Crippen LogP contribution is -1.94. The summed E-state index contributed by atoms with van der Waals surface area (Å²) in [6.07, 6.45) is 2.26. The van der Waals surface area contributed by atoms with Crippen LogP contribution in [-0.4, -0.2) is 0 Å². The summed E-state index contributed by atoms with van der Waals surface area (Å²) in [7, 11) is 0. The maximum absolute atomic E-state index is 2.24. The van der Waals surface area contributed by atoms with Gasteiger partial charge in [-0.2, -0.15) is 0 Å². The van der Waals surface area contributed by atoms with Crippen molar-refractivity contribution >= 4 is 0 Å². The number of hydrogen-bond donors (Lipinski definition) is 0. The van der Waals surface area contributed by atoms with Crippen LogP contribution in [0.2, 0.25) is 0 Å². The van der Waals surface area contributed by atoms with E-state index in [1.54, 1.807) is 0 Å². The first kappa shape index (κ1) is 19.6. The Labute approximate surface area is 169 Å². The molecule has 0 heterocycles. The normalized spacial score (nSPS) is 10.2. The number of rotatable bonds is 5. The van der Waals surface area contributed by atoms with Gasteiger partial charge >= 0.3 is 0 Å². The molecular weight excluding hydrogens is 336 g/mol. The lowest BCUT2D eigenvalue weighted by molar-refractivity contribution is 0.922. The maximum Gasteiger partial charge on any atom is 0.00610 e.